The topological polar surface area (TPSA) is 35.6 Å². The molecule has 5 heteroatoms. The molecule has 1 unspecified atom stereocenters. The highest BCUT2D eigenvalue weighted by Gasteiger charge is 2.23. The Kier molecular flexibility index (Phi) is 4.38. The van der Waals surface area contributed by atoms with E-state index in [9.17, 15) is 4.79 Å². The summed E-state index contributed by atoms with van der Waals surface area (Å²) in [5.41, 5.74) is 1.34. The molecule has 4 nitrogen and oxygen atoms in total. The van der Waals surface area contributed by atoms with Gasteiger partial charge in [0.1, 0.15) is 0 Å². The number of hydrogen-bond acceptors (Lipinski definition) is 4. The molecule has 3 heterocycles. The fourth-order valence-corrected chi connectivity index (χ4v) is 4.04. The standard InChI is InChI=1S/C15H23N3OS/c1-17(10-13-3-2-6-16-13)11-15(19)18-7-4-14-12(9-18)5-8-20-14/h5,8,13,16H,2-4,6-7,9-11H2,1H3. The summed E-state index contributed by atoms with van der Waals surface area (Å²) in [7, 11) is 2.05. The van der Waals surface area contributed by atoms with E-state index in [4.69, 9.17) is 0 Å². The highest BCUT2D eigenvalue weighted by atomic mass is 32.1. The van der Waals surface area contributed by atoms with Crippen LogP contribution in [0.15, 0.2) is 11.4 Å². The zero-order valence-corrected chi connectivity index (χ0v) is 12.9. The summed E-state index contributed by atoms with van der Waals surface area (Å²) >= 11 is 1.82. The second-order valence-corrected chi connectivity index (χ2v) is 6.93. The predicted octanol–water partition coefficient (Wildman–Crippen LogP) is 1.32. The maximum Gasteiger partial charge on any atom is 0.237 e. The number of fused-ring (bicyclic) bond motifs is 1. The third-order valence-corrected chi connectivity index (χ3v) is 5.28. The second-order valence-electron chi connectivity index (χ2n) is 5.92. The smallest absolute Gasteiger partial charge is 0.237 e. The number of amides is 1. The van der Waals surface area contributed by atoms with Crippen LogP contribution in [0.3, 0.4) is 0 Å². The van der Waals surface area contributed by atoms with Gasteiger partial charge in [-0.2, -0.15) is 0 Å². The Balaban J connectivity index is 1.49. The number of rotatable bonds is 4. The molecule has 1 atom stereocenters. The van der Waals surface area contributed by atoms with Crippen molar-refractivity contribution in [2.75, 3.05) is 33.2 Å². The van der Waals surface area contributed by atoms with Crippen molar-refractivity contribution in [2.24, 2.45) is 0 Å². The summed E-state index contributed by atoms with van der Waals surface area (Å²) in [5, 5.41) is 5.62. The van der Waals surface area contributed by atoms with Crippen LogP contribution in [0.25, 0.3) is 0 Å². The molecule has 0 spiro atoms. The first kappa shape index (κ1) is 14.0. The molecular weight excluding hydrogens is 270 g/mol. The Morgan fingerprint density at radius 2 is 2.50 bits per heavy atom. The lowest BCUT2D eigenvalue weighted by atomic mass is 10.1. The summed E-state index contributed by atoms with van der Waals surface area (Å²) in [5.74, 6) is 0.266. The number of carbonyl (C=O) groups excluding carboxylic acids is 1. The first-order valence-electron chi connectivity index (χ1n) is 7.47. The average molecular weight is 293 g/mol. The number of nitrogens with one attached hydrogen (secondary N) is 1. The van der Waals surface area contributed by atoms with Crippen LogP contribution in [-0.2, 0) is 17.8 Å². The van der Waals surface area contributed by atoms with Crippen LogP contribution in [0.5, 0.6) is 0 Å². The molecule has 20 heavy (non-hydrogen) atoms. The van der Waals surface area contributed by atoms with E-state index in [0.29, 0.717) is 12.6 Å². The minimum absolute atomic E-state index is 0.266. The van der Waals surface area contributed by atoms with Gasteiger partial charge in [-0.25, -0.2) is 0 Å². The van der Waals surface area contributed by atoms with Crippen molar-refractivity contribution in [3.05, 3.63) is 21.9 Å². The van der Waals surface area contributed by atoms with Gasteiger partial charge in [0.25, 0.3) is 0 Å². The van der Waals surface area contributed by atoms with E-state index in [-0.39, 0.29) is 5.91 Å². The molecule has 1 aromatic heterocycles. The fraction of sp³-hybridized carbons (Fsp3) is 0.667. The molecule has 2 aliphatic rings. The van der Waals surface area contributed by atoms with E-state index in [0.717, 1.165) is 32.6 Å². The quantitative estimate of drug-likeness (QED) is 0.909. The van der Waals surface area contributed by atoms with Crippen LogP contribution in [0.1, 0.15) is 23.3 Å². The monoisotopic (exact) mass is 293 g/mol. The molecule has 1 saturated heterocycles. The van der Waals surface area contributed by atoms with Crippen molar-refractivity contribution in [3.63, 3.8) is 0 Å². The van der Waals surface area contributed by atoms with Gasteiger partial charge in [-0.3, -0.25) is 9.69 Å². The van der Waals surface area contributed by atoms with Crippen molar-refractivity contribution in [2.45, 2.75) is 31.8 Å². The Bertz CT molecular complexity index is 467. The van der Waals surface area contributed by atoms with Crippen molar-refractivity contribution in [1.82, 2.24) is 15.1 Å². The lowest BCUT2D eigenvalue weighted by Gasteiger charge is -2.29. The van der Waals surface area contributed by atoms with E-state index < -0.39 is 0 Å². The molecule has 0 saturated carbocycles. The molecule has 110 valence electrons. The lowest BCUT2D eigenvalue weighted by Crippen LogP contribution is -2.44. The number of nitrogens with zero attached hydrogens (tertiary/aromatic N) is 2. The zero-order chi connectivity index (χ0) is 13.9. The van der Waals surface area contributed by atoms with E-state index in [1.54, 1.807) is 0 Å². The van der Waals surface area contributed by atoms with Gasteiger partial charge in [0.2, 0.25) is 5.91 Å². The Labute approximate surface area is 124 Å². The van der Waals surface area contributed by atoms with Crippen LogP contribution in [0.4, 0.5) is 0 Å². The molecule has 1 N–H and O–H groups in total. The molecule has 1 fully saturated rings. The number of carbonyl (C=O) groups is 1. The zero-order valence-electron chi connectivity index (χ0n) is 12.1. The van der Waals surface area contributed by atoms with E-state index >= 15 is 0 Å². The molecular formula is C15H23N3OS. The van der Waals surface area contributed by atoms with Gasteiger partial charge in [-0.05, 0) is 49.9 Å². The SMILES string of the molecule is CN(CC(=O)N1CCc2sccc2C1)CC1CCCN1. The van der Waals surface area contributed by atoms with Crippen LogP contribution >= 0.6 is 11.3 Å². The average Bonchev–Trinajstić information content (AvgIpc) is 3.07. The molecule has 1 amide bonds. The van der Waals surface area contributed by atoms with Gasteiger partial charge in [0.05, 0.1) is 6.54 Å². The normalized spacial score (nSPS) is 22.3. The maximum absolute atomic E-state index is 12.4. The first-order valence-corrected chi connectivity index (χ1v) is 8.35. The molecule has 0 aromatic carbocycles. The summed E-state index contributed by atoms with van der Waals surface area (Å²) in [6.45, 7) is 4.31. The summed E-state index contributed by atoms with van der Waals surface area (Å²) in [4.78, 5) is 18.0. The van der Waals surface area contributed by atoms with E-state index in [2.05, 4.69) is 28.7 Å². The van der Waals surface area contributed by atoms with E-state index in [1.165, 1.54) is 23.3 Å². The van der Waals surface area contributed by atoms with Gasteiger partial charge in [-0.15, -0.1) is 11.3 Å². The molecule has 0 bridgehead atoms. The van der Waals surface area contributed by atoms with Gasteiger partial charge in [0.15, 0.2) is 0 Å². The Hall–Kier alpha value is -0.910. The number of thiophene rings is 1. The predicted molar refractivity (Wildman–Crippen MR) is 82.0 cm³/mol. The molecule has 2 aliphatic heterocycles. The van der Waals surface area contributed by atoms with Crippen LogP contribution in [0.2, 0.25) is 0 Å². The summed E-state index contributed by atoms with van der Waals surface area (Å²) in [6.07, 6.45) is 3.52. The Morgan fingerprint density at radius 1 is 1.60 bits per heavy atom. The third kappa shape index (κ3) is 3.22. The van der Waals surface area contributed by atoms with Crippen molar-refractivity contribution in [1.29, 1.82) is 0 Å². The van der Waals surface area contributed by atoms with Gasteiger partial charge in [0, 0.05) is 30.6 Å². The first-order chi connectivity index (χ1) is 9.72. The van der Waals surface area contributed by atoms with Crippen LogP contribution in [0, 0.1) is 0 Å². The highest BCUT2D eigenvalue weighted by Crippen LogP contribution is 2.24. The maximum atomic E-state index is 12.4. The minimum Gasteiger partial charge on any atom is -0.337 e. The van der Waals surface area contributed by atoms with Crippen molar-refractivity contribution < 1.29 is 4.79 Å². The second kappa shape index (κ2) is 6.24. The van der Waals surface area contributed by atoms with Crippen LogP contribution in [-0.4, -0.2) is 55.0 Å². The molecule has 1 aromatic rings. The van der Waals surface area contributed by atoms with Crippen molar-refractivity contribution >= 4 is 17.2 Å². The number of hydrogen-bond donors (Lipinski definition) is 1. The molecule has 0 aliphatic carbocycles. The minimum atomic E-state index is 0.266. The lowest BCUT2D eigenvalue weighted by molar-refractivity contribution is -0.133. The van der Waals surface area contributed by atoms with Gasteiger partial charge >= 0.3 is 0 Å². The number of likely N-dealkylation sites (N-methyl/N-ethyl adjacent to an activating group) is 1. The van der Waals surface area contributed by atoms with E-state index in [1.807, 2.05) is 16.2 Å². The fourth-order valence-electron chi connectivity index (χ4n) is 3.15. The van der Waals surface area contributed by atoms with Gasteiger partial charge in [-0.1, -0.05) is 0 Å². The van der Waals surface area contributed by atoms with Crippen LogP contribution < -0.4 is 5.32 Å². The summed E-state index contributed by atoms with van der Waals surface area (Å²) in [6, 6.07) is 2.73. The molecule has 0 radical (unpaired) electrons. The Morgan fingerprint density at radius 3 is 3.30 bits per heavy atom. The van der Waals surface area contributed by atoms with Crippen molar-refractivity contribution in [3.8, 4) is 0 Å². The third-order valence-electron chi connectivity index (χ3n) is 4.26. The highest BCUT2D eigenvalue weighted by molar-refractivity contribution is 7.10. The molecule has 3 rings (SSSR count). The summed E-state index contributed by atoms with van der Waals surface area (Å²) < 4.78 is 0. The van der Waals surface area contributed by atoms with Gasteiger partial charge < -0.3 is 10.2 Å². The largest absolute Gasteiger partial charge is 0.337 e.